The topological polar surface area (TPSA) is 88.4 Å². The van der Waals surface area contributed by atoms with Gasteiger partial charge in [0.25, 0.3) is 5.56 Å². The average Bonchev–Trinajstić information content (AvgIpc) is 3.19. The molecule has 0 spiro atoms. The highest BCUT2D eigenvalue weighted by Crippen LogP contribution is 2.37. The summed E-state index contributed by atoms with van der Waals surface area (Å²) in [4.78, 5) is 32.3. The number of methoxy groups -OCH3 is 1. The average molecular weight is 571 g/mol. The summed E-state index contributed by atoms with van der Waals surface area (Å²) < 4.78 is 24.5. The largest absolute Gasteiger partial charge is 0.493 e. The highest BCUT2D eigenvalue weighted by molar-refractivity contribution is 7.07. The van der Waals surface area contributed by atoms with Crippen LogP contribution in [-0.4, -0.2) is 37.0 Å². The summed E-state index contributed by atoms with van der Waals surface area (Å²) in [5, 5.41) is 0.369. The Balaban J connectivity index is 1.96. The van der Waals surface area contributed by atoms with Crippen molar-refractivity contribution in [3.63, 3.8) is 0 Å². The van der Waals surface area contributed by atoms with E-state index in [1.165, 1.54) is 23.0 Å². The van der Waals surface area contributed by atoms with Gasteiger partial charge in [-0.3, -0.25) is 9.36 Å². The maximum absolute atomic E-state index is 14.0. The van der Waals surface area contributed by atoms with Crippen molar-refractivity contribution in [2.45, 2.75) is 46.8 Å². The number of benzene rings is 2. The molecule has 206 valence electrons. The van der Waals surface area contributed by atoms with E-state index in [1.54, 1.807) is 32.1 Å². The second-order valence-electron chi connectivity index (χ2n) is 8.97. The molecule has 0 aliphatic carbocycles. The Kier molecular flexibility index (Phi) is 8.82. The summed E-state index contributed by atoms with van der Waals surface area (Å²) in [7, 11) is 1.53. The molecule has 1 aliphatic heterocycles. The van der Waals surface area contributed by atoms with E-state index in [1.807, 2.05) is 45.0 Å². The van der Waals surface area contributed by atoms with E-state index in [0.29, 0.717) is 60.6 Å². The predicted octanol–water partition coefficient (Wildman–Crippen LogP) is 4.65. The van der Waals surface area contributed by atoms with Gasteiger partial charge >= 0.3 is 5.97 Å². The zero-order chi connectivity index (χ0) is 28.3. The summed E-state index contributed by atoms with van der Waals surface area (Å²) in [5.41, 5.74) is 1.80. The first kappa shape index (κ1) is 28.4. The molecular weight excluding hydrogens is 540 g/mol. The molecule has 4 rings (SSSR count). The number of nitrogens with zero attached hydrogens (tertiary/aromatic N) is 2. The van der Waals surface area contributed by atoms with Crippen molar-refractivity contribution in [1.82, 2.24) is 4.57 Å². The fourth-order valence-electron chi connectivity index (χ4n) is 4.41. The molecule has 0 fully saturated rings. The fraction of sp³-hybridized carbons (Fsp3) is 0.345. The lowest BCUT2D eigenvalue weighted by Gasteiger charge is -2.26. The van der Waals surface area contributed by atoms with Gasteiger partial charge in [-0.1, -0.05) is 41.1 Å². The van der Waals surface area contributed by atoms with Crippen LogP contribution in [0.3, 0.4) is 0 Å². The third-order valence-electron chi connectivity index (χ3n) is 5.93. The number of carbonyl (C=O) groups is 1. The van der Waals surface area contributed by atoms with Crippen molar-refractivity contribution in [2.24, 2.45) is 4.99 Å². The third-order valence-corrected chi connectivity index (χ3v) is 7.20. The summed E-state index contributed by atoms with van der Waals surface area (Å²) in [6.45, 7) is 9.81. The van der Waals surface area contributed by atoms with Crippen LogP contribution in [0.4, 0.5) is 0 Å². The van der Waals surface area contributed by atoms with Gasteiger partial charge in [0.1, 0.15) is 11.8 Å². The standard InChI is InChI=1S/C29H31ClN2O6S/c1-7-36-26-20(30)13-18(14-22(26)35-6)15-23-27(33)32-25(19-11-9-10-12-21(19)38-16(3)4)24(28(34)37-8-2)17(5)31-29(32)39-23/h9-16,25H,7-8H2,1-6H3/b23-15+/t25-/m1/s1. The molecule has 0 amide bonds. The smallest absolute Gasteiger partial charge is 0.338 e. The first-order valence-electron chi connectivity index (χ1n) is 12.7. The lowest BCUT2D eigenvalue weighted by molar-refractivity contribution is -0.139. The Bertz CT molecular complexity index is 1600. The van der Waals surface area contributed by atoms with Crippen LogP contribution in [0.5, 0.6) is 17.2 Å². The maximum atomic E-state index is 14.0. The highest BCUT2D eigenvalue weighted by Gasteiger charge is 2.35. The van der Waals surface area contributed by atoms with Gasteiger partial charge in [0.2, 0.25) is 0 Å². The molecule has 0 bridgehead atoms. The summed E-state index contributed by atoms with van der Waals surface area (Å²) in [6, 6.07) is 10.1. The van der Waals surface area contributed by atoms with Crippen LogP contribution in [-0.2, 0) is 9.53 Å². The molecule has 1 atom stereocenters. The first-order valence-corrected chi connectivity index (χ1v) is 13.8. The van der Waals surface area contributed by atoms with Gasteiger partial charge in [0, 0.05) is 5.56 Å². The van der Waals surface area contributed by atoms with Crippen LogP contribution in [0, 0.1) is 0 Å². The van der Waals surface area contributed by atoms with Gasteiger partial charge in [0.05, 0.1) is 47.3 Å². The predicted molar refractivity (Wildman–Crippen MR) is 152 cm³/mol. The van der Waals surface area contributed by atoms with Crippen LogP contribution in [0.2, 0.25) is 5.02 Å². The number of rotatable bonds is 9. The van der Waals surface area contributed by atoms with E-state index in [-0.39, 0.29) is 18.3 Å². The minimum atomic E-state index is -0.782. The van der Waals surface area contributed by atoms with E-state index >= 15 is 0 Å². The molecule has 0 N–H and O–H groups in total. The quantitative estimate of drug-likeness (QED) is 0.348. The Morgan fingerprint density at radius 2 is 1.92 bits per heavy atom. The summed E-state index contributed by atoms with van der Waals surface area (Å²) >= 11 is 7.69. The molecule has 2 heterocycles. The monoisotopic (exact) mass is 570 g/mol. The summed E-state index contributed by atoms with van der Waals surface area (Å²) in [6.07, 6.45) is 1.61. The summed E-state index contributed by atoms with van der Waals surface area (Å²) in [5.74, 6) is 0.949. The molecule has 2 aromatic carbocycles. The second-order valence-corrected chi connectivity index (χ2v) is 10.4. The second kappa shape index (κ2) is 12.1. The lowest BCUT2D eigenvalue weighted by atomic mass is 9.95. The molecule has 10 heteroatoms. The number of ether oxygens (including phenoxy) is 4. The Hall–Kier alpha value is -3.56. The third kappa shape index (κ3) is 5.74. The van der Waals surface area contributed by atoms with Crippen molar-refractivity contribution >= 4 is 35.0 Å². The molecule has 39 heavy (non-hydrogen) atoms. The fourth-order valence-corrected chi connectivity index (χ4v) is 5.73. The Labute approximate surface area is 235 Å². The van der Waals surface area contributed by atoms with Gasteiger partial charge in [0.15, 0.2) is 16.3 Å². The van der Waals surface area contributed by atoms with E-state index < -0.39 is 12.0 Å². The van der Waals surface area contributed by atoms with Crippen molar-refractivity contribution in [3.8, 4) is 17.2 Å². The van der Waals surface area contributed by atoms with Gasteiger partial charge < -0.3 is 18.9 Å². The Morgan fingerprint density at radius 3 is 2.59 bits per heavy atom. The van der Waals surface area contributed by atoms with Crippen LogP contribution in [0.25, 0.3) is 6.08 Å². The van der Waals surface area contributed by atoms with Crippen LogP contribution in [0.1, 0.15) is 51.8 Å². The van der Waals surface area contributed by atoms with E-state index in [9.17, 15) is 9.59 Å². The number of hydrogen-bond acceptors (Lipinski definition) is 8. The maximum Gasteiger partial charge on any atom is 0.338 e. The number of esters is 1. The Morgan fingerprint density at radius 1 is 1.18 bits per heavy atom. The van der Waals surface area contributed by atoms with Crippen molar-refractivity contribution < 1.29 is 23.7 Å². The molecule has 0 unspecified atom stereocenters. The molecule has 0 saturated carbocycles. The van der Waals surface area contributed by atoms with E-state index in [4.69, 9.17) is 30.5 Å². The van der Waals surface area contributed by atoms with Gasteiger partial charge in [-0.15, -0.1) is 0 Å². The number of halogens is 1. The first-order chi connectivity index (χ1) is 18.7. The van der Waals surface area contributed by atoms with Crippen molar-refractivity contribution in [3.05, 3.63) is 83.5 Å². The number of thiazole rings is 1. The van der Waals surface area contributed by atoms with Gasteiger partial charge in [-0.2, -0.15) is 0 Å². The molecule has 3 aromatic rings. The number of fused-ring (bicyclic) bond motifs is 1. The number of carbonyl (C=O) groups excluding carboxylic acids is 1. The van der Waals surface area contributed by atoms with Crippen molar-refractivity contribution in [2.75, 3.05) is 20.3 Å². The molecular formula is C29H31ClN2O6S. The van der Waals surface area contributed by atoms with Gasteiger partial charge in [-0.25, -0.2) is 9.79 Å². The van der Waals surface area contributed by atoms with Crippen molar-refractivity contribution in [1.29, 1.82) is 0 Å². The number of aromatic nitrogens is 1. The minimum absolute atomic E-state index is 0.113. The number of para-hydroxylation sites is 1. The zero-order valence-electron chi connectivity index (χ0n) is 22.7. The molecule has 0 saturated heterocycles. The van der Waals surface area contributed by atoms with E-state index in [0.717, 1.165) is 0 Å². The van der Waals surface area contributed by atoms with Crippen LogP contribution < -0.4 is 29.1 Å². The highest BCUT2D eigenvalue weighted by atomic mass is 35.5. The van der Waals surface area contributed by atoms with Crippen LogP contribution >= 0.6 is 22.9 Å². The number of allylic oxidation sites excluding steroid dienone is 1. The zero-order valence-corrected chi connectivity index (χ0v) is 24.3. The molecule has 8 nitrogen and oxygen atoms in total. The van der Waals surface area contributed by atoms with Gasteiger partial charge in [-0.05, 0) is 64.5 Å². The lowest BCUT2D eigenvalue weighted by Crippen LogP contribution is -2.40. The molecule has 1 aromatic heterocycles. The normalized spacial score (nSPS) is 15.2. The van der Waals surface area contributed by atoms with E-state index in [2.05, 4.69) is 4.99 Å². The van der Waals surface area contributed by atoms with Crippen LogP contribution in [0.15, 0.2) is 57.5 Å². The SMILES string of the molecule is CCOC(=O)C1=C(C)N=c2s/c(=C/c3cc(Cl)c(OCC)c(OC)c3)c(=O)n2[C@@H]1c1ccccc1OC(C)C. The number of hydrogen-bond donors (Lipinski definition) is 0. The molecule has 1 aliphatic rings. The minimum Gasteiger partial charge on any atom is -0.493 e. The molecule has 0 radical (unpaired) electrons.